The van der Waals surface area contributed by atoms with Crippen molar-refractivity contribution in [1.82, 2.24) is 15.0 Å². The van der Waals surface area contributed by atoms with Gasteiger partial charge in [-0.25, -0.2) is 0 Å². The second-order valence-electron chi connectivity index (χ2n) is 4.76. The zero-order chi connectivity index (χ0) is 12.3. The highest BCUT2D eigenvalue weighted by Gasteiger charge is 2.26. The molecule has 2 rings (SSSR count). The Labute approximate surface area is 102 Å². The molecule has 17 heavy (non-hydrogen) atoms. The average Bonchev–Trinajstić information content (AvgIpc) is 2.86. The van der Waals surface area contributed by atoms with Gasteiger partial charge < -0.3 is 9.63 Å². The van der Waals surface area contributed by atoms with Crippen molar-refractivity contribution in [3.05, 3.63) is 11.7 Å². The van der Waals surface area contributed by atoms with Crippen LogP contribution < -0.4 is 0 Å². The third-order valence-electron chi connectivity index (χ3n) is 3.51. The monoisotopic (exact) mass is 239 g/mol. The Morgan fingerprint density at radius 2 is 2.41 bits per heavy atom. The zero-order valence-electron chi connectivity index (χ0n) is 10.6. The van der Waals surface area contributed by atoms with Gasteiger partial charge in [-0.05, 0) is 32.2 Å². The standard InChI is InChI=1S/C12H21N3O2/c1-3-11-13-12(17-14-11)9(2)15-6-4-5-10(7-15)8-16/h9-10,16H,3-8H2,1-2H3. The van der Waals surface area contributed by atoms with E-state index in [4.69, 9.17) is 4.52 Å². The first-order valence-corrected chi connectivity index (χ1v) is 6.42. The summed E-state index contributed by atoms with van der Waals surface area (Å²) in [5.41, 5.74) is 0. The van der Waals surface area contributed by atoms with Gasteiger partial charge in [0.05, 0.1) is 6.04 Å². The van der Waals surface area contributed by atoms with Crippen LogP contribution in [-0.4, -0.2) is 39.8 Å². The summed E-state index contributed by atoms with van der Waals surface area (Å²) in [7, 11) is 0. The van der Waals surface area contributed by atoms with Crippen LogP contribution in [0.3, 0.4) is 0 Å². The molecule has 2 unspecified atom stereocenters. The maximum Gasteiger partial charge on any atom is 0.243 e. The van der Waals surface area contributed by atoms with Gasteiger partial charge in [-0.15, -0.1) is 0 Å². The van der Waals surface area contributed by atoms with E-state index >= 15 is 0 Å². The molecule has 1 aromatic rings. The number of hydrogen-bond donors (Lipinski definition) is 1. The maximum atomic E-state index is 9.23. The van der Waals surface area contributed by atoms with Crippen LogP contribution >= 0.6 is 0 Å². The zero-order valence-corrected chi connectivity index (χ0v) is 10.6. The number of nitrogens with zero attached hydrogens (tertiary/aromatic N) is 3. The predicted octanol–water partition coefficient (Wildman–Crippen LogP) is 1.40. The number of rotatable bonds is 4. The van der Waals surface area contributed by atoms with Gasteiger partial charge in [0.2, 0.25) is 5.89 Å². The summed E-state index contributed by atoms with van der Waals surface area (Å²) in [6.45, 7) is 6.34. The molecule has 1 saturated heterocycles. The Kier molecular flexibility index (Phi) is 4.12. The minimum atomic E-state index is 0.150. The van der Waals surface area contributed by atoms with E-state index < -0.39 is 0 Å². The highest BCUT2D eigenvalue weighted by Crippen LogP contribution is 2.25. The minimum absolute atomic E-state index is 0.150. The summed E-state index contributed by atoms with van der Waals surface area (Å²) < 4.78 is 5.27. The lowest BCUT2D eigenvalue weighted by Crippen LogP contribution is -2.38. The van der Waals surface area contributed by atoms with Crippen molar-refractivity contribution in [2.24, 2.45) is 5.92 Å². The van der Waals surface area contributed by atoms with Crippen molar-refractivity contribution in [3.8, 4) is 0 Å². The fourth-order valence-corrected chi connectivity index (χ4v) is 2.34. The van der Waals surface area contributed by atoms with Gasteiger partial charge in [0.15, 0.2) is 5.82 Å². The number of aromatic nitrogens is 2. The molecule has 1 aromatic heterocycles. The first-order valence-electron chi connectivity index (χ1n) is 6.42. The molecule has 5 nitrogen and oxygen atoms in total. The first-order chi connectivity index (χ1) is 8.24. The van der Waals surface area contributed by atoms with Gasteiger partial charge in [0, 0.05) is 19.6 Å². The number of aliphatic hydroxyl groups is 1. The van der Waals surface area contributed by atoms with Gasteiger partial charge in [0.1, 0.15) is 0 Å². The van der Waals surface area contributed by atoms with Crippen LogP contribution in [0, 0.1) is 5.92 Å². The fraction of sp³-hybridized carbons (Fsp3) is 0.833. The number of likely N-dealkylation sites (tertiary alicyclic amines) is 1. The lowest BCUT2D eigenvalue weighted by atomic mass is 9.98. The molecule has 1 fully saturated rings. The van der Waals surface area contributed by atoms with Crippen molar-refractivity contribution in [3.63, 3.8) is 0 Å². The van der Waals surface area contributed by atoms with E-state index in [0.29, 0.717) is 11.8 Å². The molecule has 0 spiro atoms. The van der Waals surface area contributed by atoms with Gasteiger partial charge in [-0.2, -0.15) is 4.98 Å². The molecule has 2 atom stereocenters. The van der Waals surface area contributed by atoms with Crippen LogP contribution in [0.15, 0.2) is 4.52 Å². The Morgan fingerprint density at radius 1 is 1.59 bits per heavy atom. The molecule has 0 bridgehead atoms. The van der Waals surface area contributed by atoms with Crippen molar-refractivity contribution < 1.29 is 9.63 Å². The van der Waals surface area contributed by atoms with Crippen LogP contribution in [0.25, 0.3) is 0 Å². The molecule has 2 heterocycles. The summed E-state index contributed by atoms with van der Waals surface area (Å²) in [5.74, 6) is 1.85. The van der Waals surface area contributed by atoms with Crippen LogP contribution in [-0.2, 0) is 6.42 Å². The molecule has 5 heteroatoms. The summed E-state index contributed by atoms with van der Waals surface area (Å²) in [6.07, 6.45) is 3.05. The smallest absolute Gasteiger partial charge is 0.243 e. The van der Waals surface area contributed by atoms with Crippen LogP contribution in [0.5, 0.6) is 0 Å². The van der Waals surface area contributed by atoms with E-state index in [9.17, 15) is 5.11 Å². The second-order valence-corrected chi connectivity index (χ2v) is 4.76. The van der Waals surface area contributed by atoms with E-state index in [0.717, 1.165) is 38.2 Å². The van der Waals surface area contributed by atoms with Gasteiger partial charge in [0.25, 0.3) is 0 Å². The van der Waals surface area contributed by atoms with Gasteiger partial charge in [-0.3, -0.25) is 4.90 Å². The normalized spacial score (nSPS) is 23.8. The summed E-state index contributed by atoms with van der Waals surface area (Å²) in [4.78, 5) is 6.69. The SMILES string of the molecule is CCc1noc(C(C)N2CCCC(CO)C2)n1. The van der Waals surface area contributed by atoms with E-state index in [1.807, 2.05) is 6.92 Å². The average molecular weight is 239 g/mol. The van der Waals surface area contributed by atoms with E-state index in [1.165, 1.54) is 0 Å². The van der Waals surface area contributed by atoms with Crippen molar-refractivity contribution in [2.75, 3.05) is 19.7 Å². The van der Waals surface area contributed by atoms with Gasteiger partial charge >= 0.3 is 0 Å². The molecule has 0 aromatic carbocycles. The molecule has 0 saturated carbocycles. The quantitative estimate of drug-likeness (QED) is 0.860. The van der Waals surface area contributed by atoms with E-state index in [1.54, 1.807) is 0 Å². The van der Waals surface area contributed by atoms with Crippen LogP contribution in [0.2, 0.25) is 0 Å². The largest absolute Gasteiger partial charge is 0.396 e. The number of piperidine rings is 1. The maximum absolute atomic E-state index is 9.23. The molecular formula is C12H21N3O2. The number of aryl methyl sites for hydroxylation is 1. The molecule has 0 aliphatic carbocycles. The molecule has 0 amide bonds. The summed E-state index contributed by atoms with van der Waals surface area (Å²) in [6, 6.07) is 0.150. The molecule has 96 valence electrons. The lowest BCUT2D eigenvalue weighted by molar-refractivity contribution is 0.0810. The van der Waals surface area contributed by atoms with Gasteiger partial charge in [-0.1, -0.05) is 12.1 Å². The third-order valence-corrected chi connectivity index (χ3v) is 3.51. The topological polar surface area (TPSA) is 62.4 Å². The van der Waals surface area contributed by atoms with Crippen molar-refractivity contribution in [1.29, 1.82) is 0 Å². The molecule has 1 N–H and O–H groups in total. The molecule has 1 aliphatic heterocycles. The molecule has 0 radical (unpaired) electrons. The predicted molar refractivity (Wildman–Crippen MR) is 63.5 cm³/mol. The second kappa shape index (κ2) is 5.60. The highest BCUT2D eigenvalue weighted by molar-refractivity contribution is 4.93. The number of aliphatic hydroxyl groups excluding tert-OH is 1. The lowest BCUT2D eigenvalue weighted by Gasteiger charge is -2.34. The first kappa shape index (κ1) is 12.5. The van der Waals surface area contributed by atoms with Crippen molar-refractivity contribution >= 4 is 0 Å². The fourth-order valence-electron chi connectivity index (χ4n) is 2.34. The van der Waals surface area contributed by atoms with Crippen molar-refractivity contribution in [2.45, 2.75) is 39.2 Å². The molecule has 1 aliphatic rings. The Morgan fingerprint density at radius 3 is 3.06 bits per heavy atom. The highest BCUT2D eigenvalue weighted by atomic mass is 16.5. The van der Waals surface area contributed by atoms with Crippen LogP contribution in [0.4, 0.5) is 0 Å². The number of hydrogen-bond acceptors (Lipinski definition) is 5. The Balaban J connectivity index is 2.00. The Hall–Kier alpha value is -0.940. The van der Waals surface area contributed by atoms with Crippen LogP contribution in [0.1, 0.15) is 44.4 Å². The molecular weight excluding hydrogens is 218 g/mol. The summed E-state index contributed by atoms with van der Waals surface area (Å²) in [5, 5.41) is 13.2. The summed E-state index contributed by atoms with van der Waals surface area (Å²) >= 11 is 0. The minimum Gasteiger partial charge on any atom is -0.396 e. The van der Waals surface area contributed by atoms with E-state index in [-0.39, 0.29) is 12.6 Å². The Bertz CT molecular complexity index is 353. The van der Waals surface area contributed by atoms with E-state index in [2.05, 4.69) is 22.0 Å². The third kappa shape index (κ3) is 2.84.